The van der Waals surface area contributed by atoms with Crippen LogP contribution in [0.4, 0.5) is 0 Å². The second-order valence-corrected chi connectivity index (χ2v) is 6.20. The topological polar surface area (TPSA) is 42.0 Å². The van der Waals surface area contributed by atoms with Crippen molar-refractivity contribution < 1.29 is 14.3 Å². The highest BCUT2D eigenvalue weighted by atomic mass is 16.5. The average molecular weight is 270 g/mol. The van der Waals surface area contributed by atoms with E-state index in [1.54, 1.807) is 0 Å². The molecule has 2 aliphatic rings. The van der Waals surface area contributed by atoms with Gasteiger partial charge in [-0.25, -0.2) is 0 Å². The summed E-state index contributed by atoms with van der Waals surface area (Å²) in [6, 6.07) is 0.623. The van der Waals surface area contributed by atoms with Crippen LogP contribution in [-0.2, 0) is 14.3 Å². The van der Waals surface area contributed by atoms with Gasteiger partial charge in [0.15, 0.2) is 0 Å². The van der Waals surface area contributed by atoms with Gasteiger partial charge in [0.25, 0.3) is 0 Å². The van der Waals surface area contributed by atoms with E-state index in [9.17, 15) is 4.79 Å². The zero-order valence-electron chi connectivity index (χ0n) is 12.4. The lowest BCUT2D eigenvalue weighted by molar-refractivity contribution is -0.151. The zero-order valence-corrected chi connectivity index (χ0v) is 12.4. The quantitative estimate of drug-likeness (QED) is 0.700. The van der Waals surface area contributed by atoms with E-state index in [1.165, 1.54) is 13.5 Å². The molecule has 0 aliphatic carbocycles. The molecule has 19 heavy (non-hydrogen) atoms. The number of likely N-dealkylation sites (tertiary alicyclic amines) is 1. The Kier molecular flexibility index (Phi) is 4.81. The summed E-state index contributed by atoms with van der Waals surface area (Å²) in [5, 5.41) is 0. The smallest absolute Gasteiger partial charge is 0.312 e. The number of hydrogen-bond donors (Lipinski definition) is 0. The van der Waals surface area contributed by atoms with Gasteiger partial charge in [-0.1, -0.05) is 0 Å². The predicted molar refractivity (Wildman–Crippen MR) is 73.0 cm³/mol. The molecule has 0 amide bonds. The van der Waals surface area contributed by atoms with Gasteiger partial charge < -0.3 is 14.4 Å². The largest absolute Gasteiger partial charge is 0.469 e. The van der Waals surface area contributed by atoms with Crippen molar-refractivity contribution in [2.45, 2.75) is 26.3 Å². The van der Waals surface area contributed by atoms with Crippen LogP contribution in [0, 0.1) is 5.41 Å². The third-order valence-corrected chi connectivity index (χ3v) is 4.17. The fraction of sp³-hybridized carbons (Fsp3) is 0.929. The van der Waals surface area contributed by atoms with Crippen LogP contribution in [-0.4, -0.2) is 74.9 Å². The molecule has 110 valence electrons. The summed E-state index contributed by atoms with van der Waals surface area (Å²) in [5.74, 6) is -0.123. The van der Waals surface area contributed by atoms with Crippen LogP contribution in [0.15, 0.2) is 0 Å². The monoisotopic (exact) mass is 270 g/mol. The maximum Gasteiger partial charge on any atom is 0.312 e. The van der Waals surface area contributed by atoms with Crippen LogP contribution in [0.3, 0.4) is 0 Å². The number of carbonyl (C=O) groups excluding carboxylic acids is 1. The molecule has 2 fully saturated rings. The molecule has 2 aliphatic heterocycles. The minimum atomic E-state index is -0.422. The molecule has 0 aromatic carbocycles. The maximum atomic E-state index is 11.7. The van der Waals surface area contributed by atoms with Crippen molar-refractivity contribution in [2.75, 3.05) is 53.0 Å². The molecule has 0 radical (unpaired) electrons. The number of carbonyl (C=O) groups is 1. The molecular weight excluding hydrogens is 244 g/mol. The second kappa shape index (κ2) is 6.20. The van der Waals surface area contributed by atoms with Gasteiger partial charge in [-0.15, -0.1) is 0 Å². The second-order valence-electron chi connectivity index (χ2n) is 6.20. The zero-order chi connectivity index (χ0) is 13.9. The third kappa shape index (κ3) is 3.68. The van der Waals surface area contributed by atoms with Gasteiger partial charge in [-0.3, -0.25) is 9.69 Å². The van der Waals surface area contributed by atoms with Gasteiger partial charge >= 0.3 is 5.97 Å². The summed E-state index contributed by atoms with van der Waals surface area (Å²) in [4.78, 5) is 16.6. The highest BCUT2D eigenvalue weighted by Gasteiger charge is 2.35. The number of ether oxygens (including phenoxy) is 2. The van der Waals surface area contributed by atoms with Gasteiger partial charge in [0.05, 0.1) is 25.7 Å². The summed E-state index contributed by atoms with van der Waals surface area (Å²) < 4.78 is 10.3. The summed E-state index contributed by atoms with van der Waals surface area (Å²) in [6.07, 6.45) is 1.19. The first-order chi connectivity index (χ1) is 9.03. The molecule has 2 heterocycles. The lowest BCUT2D eigenvalue weighted by Crippen LogP contribution is -2.45. The molecule has 0 aromatic heterocycles. The molecule has 0 N–H and O–H groups in total. The minimum Gasteiger partial charge on any atom is -0.469 e. The summed E-state index contributed by atoms with van der Waals surface area (Å²) in [6.45, 7) is 10.6. The van der Waals surface area contributed by atoms with Gasteiger partial charge in [0.1, 0.15) is 0 Å². The Bertz CT molecular complexity index is 314. The van der Waals surface area contributed by atoms with Gasteiger partial charge in [-0.2, -0.15) is 0 Å². The number of nitrogens with zero attached hydrogens (tertiary/aromatic N) is 2. The highest BCUT2D eigenvalue weighted by molar-refractivity contribution is 5.76. The molecule has 5 heteroatoms. The van der Waals surface area contributed by atoms with Crippen molar-refractivity contribution in [1.29, 1.82) is 0 Å². The van der Waals surface area contributed by atoms with E-state index in [-0.39, 0.29) is 5.97 Å². The lowest BCUT2D eigenvalue weighted by Gasteiger charge is -2.33. The maximum absolute atomic E-state index is 11.7. The first kappa shape index (κ1) is 14.8. The Morgan fingerprint density at radius 3 is 2.63 bits per heavy atom. The third-order valence-electron chi connectivity index (χ3n) is 4.17. The molecule has 2 saturated heterocycles. The van der Waals surface area contributed by atoms with E-state index in [1.807, 2.05) is 13.8 Å². The molecular formula is C14H26N2O3. The minimum absolute atomic E-state index is 0.123. The molecule has 1 atom stereocenters. The summed E-state index contributed by atoms with van der Waals surface area (Å²) in [5.41, 5.74) is -0.422. The van der Waals surface area contributed by atoms with Crippen LogP contribution in [0.5, 0.6) is 0 Å². The van der Waals surface area contributed by atoms with E-state index < -0.39 is 5.41 Å². The highest BCUT2D eigenvalue weighted by Crippen LogP contribution is 2.24. The SMILES string of the molecule is COC(=O)C(C)(C)CN1CCC(N2CCOCC2)C1. The molecule has 0 bridgehead atoms. The van der Waals surface area contributed by atoms with Crippen LogP contribution in [0.25, 0.3) is 0 Å². The number of rotatable bonds is 4. The standard InChI is InChI=1S/C14H26N2O3/c1-14(2,13(17)18-3)11-15-5-4-12(10-15)16-6-8-19-9-7-16/h12H,4-11H2,1-3H3. The van der Waals surface area contributed by atoms with E-state index in [2.05, 4.69) is 9.80 Å². The van der Waals surface area contributed by atoms with E-state index in [4.69, 9.17) is 9.47 Å². The van der Waals surface area contributed by atoms with Gasteiger partial charge in [-0.05, 0) is 26.8 Å². The van der Waals surface area contributed by atoms with Crippen molar-refractivity contribution in [1.82, 2.24) is 9.80 Å². The van der Waals surface area contributed by atoms with Crippen LogP contribution in [0.2, 0.25) is 0 Å². The predicted octanol–water partition coefficient (Wildman–Crippen LogP) is 0.592. The number of morpholine rings is 1. The van der Waals surface area contributed by atoms with Gasteiger partial charge in [0.2, 0.25) is 0 Å². The normalized spacial score (nSPS) is 26.6. The Morgan fingerprint density at radius 1 is 1.32 bits per heavy atom. The van der Waals surface area contributed by atoms with E-state index in [0.717, 1.165) is 45.9 Å². The van der Waals surface area contributed by atoms with Crippen LogP contribution in [0.1, 0.15) is 20.3 Å². The van der Waals surface area contributed by atoms with Crippen LogP contribution < -0.4 is 0 Å². The van der Waals surface area contributed by atoms with Gasteiger partial charge in [0, 0.05) is 32.2 Å². The molecule has 5 nitrogen and oxygen atoms in total. The van der Waals surface area contributed by atoms with E-state index in [0.29, 0.717) is 6.04 Å². The molecule has 0 aromatic rings. The Hall–Kier alpha value is -0.650. The summed E-state index contributed by atoms with van der Waals surface area (Å²) in [7, 11) is 1.46. The molecule has 2 rings (SSSR count). The first-order valence-electron chi connectivity index (χ1n) is 7.15. The Morgan fingerprint density at radius 2 is 2.00 bits per heavy atom. The van der Waals surface area contributed by atoms with Crippen molar-refractivity contribution >= 4 is 5.97 Å². The lowest BCUT2D eigenvalue weighted by atomic mass is 9.93. The van der Waals surface area contributed by atoms with E-state index >= 15 is 0 Å². The summed E-state index contributed by atoms with van der Waals surface area (Å²) >= 11 is 0. The van der Waals surface area contributed by atoms with Crippen molar-refractivity contribution in [3.8, 4) is 0 Å². The number of methoxy groups -OCH3 is 1. The Balaban J connectivity index is 1.83. The first-order valence-corrected chi connectivity index (χ1v) is 7.15. The molecule has 0 spiro atoms. The fourth-order valence-electron chi connectivity index (χ4n) is 3.10. The fourth-order valence-corrected chi connectivity index (χ4v) is 3.10. The van der Waals surface area contributed by atoms with Crippen molar-refractivity contribution in [3.63, 3.8) is 0 Å². The van der Waals surface area contributed by atoms with Crippen molar-refractivity contribution in [2.24, 2.45) is 5.41 Å². The number of esters is 1. The Labute approximate surface area is 115 Å². The average Bonchev–Trinajstić information content (AvgIpc) is 2.86. The van der Waals surface area contributed by atoms with Crippen molar-refractivity contribution in [3.05, 3.63) is 0 Å². The van der Waals surface area contributed by atoms with Crippen LogP contribution >= 0.6 is 0 Å². The number of hydrogen-bond acceptors (Lipinski definition) is 5. The molecule has 1 unspecified atom stereocenters. The molecule has 0 saturated carbocycles.